The minimum Gasteiger partial charge on any atom is -0.488 e. The van der Waals surface area contributed by atoms with Gasteiger partial charge < -0.3 is 20.1 Å². The number of rotatable bonds is 4. The van der Waals surface area contributed by atoms with Gasteiger partial charge in [-0.2, -0.15) is 0 Å². The fourth-order valence-electron chi connectivity index (χ4n) is 1.41. The van der Waals surface area contributed by atoms with E-state index in [4.69, 9.17) is 9.84 Å². The number of hydrogen-bond acceptors (Lipinski definition) is 4. The van der Waals surface area contributed by atoms with Crippen molar-refractivity contribution >= 4 is 0 Å². The molecule has 96 valence electrons. The van der Waals surface area contributed by atoms with Gasteiger partial charge >= 0.3 is 0 Å². The van der Waals surface area contributed by atoms with Crippen molar-refractivity contribution < 1.29 is 20.1 Å². The largest absolute Gasteiger partial charge is 0.488 e. The van der Waals surface area contributed by atoms with Gasteiger partial charge in [-0.05, 0) is 38.5 Å². The summed E-state index contributed by atoms with van der Waals surface area (Å²) in [5.41, 5.74) is 0.276. The standard InChI is InChI=1S/C13H20O4/c1-13(2,3)17-10-6-4-9(5-7-10)12(16)11(15)8-14/h4-7,11-12,14-16H,8H2,1-3H3. The maximum Gasteiger partial charge on any atom is 0.120 e. The Bertz CT molecular complexity index is 339. The predicted octanol–water partition coefficient (Wildman–Crippen LogP) is 1.25. The Morgan fingerprint density at radius 2 is 1.65 bits per heavy atom. The van der Waals surface area contributed by atoms with Gasteiger partial charge in [0.15, 0.2) is 0 Å². The van der Waals surface area contributed by atoms with Gasteiger partial charge in [-0.3, -0.25) is 0 Å². The van der Waals surface area contributed by atoms with E-state index in [2.05, 4.69) is 0 Å². The second-order valence-corrected chi connectivity index (χ2v) is 4.98. The minimum absolute atomic E-state index is 0.273. The normalized spacial score (nSPS) is 15.4. The van der Waals surface area contributed by atoms with Crippen LogP contribution < -0.4 is 4.74 Å². The zero-order valence-electron chi connectivity index (χ0n) is 10.4. The molecule has 1 aromatic rings. The molecule has 0 saturated heterocycles. The topological polar surface area (TPSA) is 69.9 Å². The molecule has 0 radical (unpaired) electrons. The average molecular weight is 240 g/mol. The highest BCUT2D eigenvalue weighted by Gasteiger charge is 2.18. The summed E-state index contributed by atoms with van der Waals surface area (Å²) in [6.07, 6.45) is -2.24. The smallest absolute Gasteiger partial charge is 0.120 e. The second kappa shape index (κ2) is 5.49. The number of benzene rings is 1. The van der Waals surface area contributed by atoms with E-state index in [1.807, 2.05) is 20.8 Å². The lowest BCUT2D eigenvalue weighted by Crippen LogP contribution is -2.23. The van der Waals surface area contributed by atoms with Gasteiger partial charge in [0.2, 0.25) is 0 Å². The Hall–Kier alpha value is -1.10. The first-order valence-corrected chi connectivity index (χ1v) is 5.59. The molecule has 0 aliphatic heterocycles. The molecular weight excluding hydrogens is 220 g/mol. The molecule has 2 atom stereocenters. The van der Waals surface area contributed by atoms with Gasteiger partial charge in [0.1, 0.15) is 23.6 Å². The van der Waals surface area contributed by atoms with Crippen LogP contribution in [0.2, 0.25) is 0 Å². The van der Waals surface area contributed by atoms with Gasteiger partial charge in [-0.1, -0.05) is 12.1 Å². The van der Waals surface area contributed by atoms with Crippen LogP contribution in [0.25, 0.3) is 0 Å². The van der Waals surface area contributed by atoms with Crippen LogP contribution in [0, 0.1) is 0 Å². The third kappa shape index (κ3) is 4.34. The summed E-state index contributed by atoms with van der Waals surface area (Å²) in [6.45, 7) is 5.38. The van der Waals surface area contributed by atoms with E-state index in [0.717, 1.165) is 0 Å². The summed E-state index contributed by atoms with van der Waals surface area (Å²) >= 11 is 0. The molecule has 3 N–H and O–H groups in total. The Balaban J connectivity index is 2.74. The lowest BCUT2D eigenvalue weighted by atomic mass is 10.0. The van der Waals surface area contributed by atoms with E-state index in [1.54, 1.807) is 24.3 Å². The highest BCUT2D eigenvalue weighted by atomic mass is 16.5. The molecule has 0 saturated carbocycles. The van der Waals surface area contributed by atoms with Crippen LogP contribution in [0.1, 0.15) is 32.4 Å². The Morgan fingerprint density at radius 1 is 1.12 bits per heavy atom. The SMILES string of the molecule is CC(C)(C)Oc1ccc(C(O)C(O)CO)cc1. The lowest BCUT2D eigenvalue weighted by Gasteiger charge is -2.22. The Morgan fingerprint density at radius 3 is 2.06 bits per heavy atom. The van der Waals surface area contributed by atoms with Crippen LogP contribution in [-0.2, 0) is 0 Å². The molecule has 4 nitrogen and oxygen atoms in total. The van der Waals surface area contributed by atoms with E-state index in [9.17, 15) is 10.2 Å². The quantitative estimate of drug-likeness (QED) is 0.741. The molecule has 0 bridgehead atoms. The summed E-state index contributed by atoms with van der Waals surface area (Å²) in [6, 6.07) is 6.80. The van der Waals surface area contributed by atoms with E-state index in [1.165, 1.54) is 0 Å². The van der Waals surface area contributed by atoms with Gasteiger partial charge in [-0.25, -0.2) is 0 Å². The molecule has 0 spiro atoms. The lowest BCUT2D eigenvalue weighted by molar-refractivity contribution is -0.0153. The number of hydrogen-bond donors (Lipinski definition) is 3. The van der Waals surface area contributed by atoms with Crippen molar-refractivity contribution in [1.29, 1.82) is 0 Å². The van der Waals surface area contributed by atoms with Crippen molar-refractivity contribution in [3.8, 4) is 5.75 Å². The maximum absolute atomic E-state index is 9.66. The monoisotopic (exact) mass is 240 g/mol. The van der Waals surface area contributed by atoms with Gasteiger partial charge in [0, 0.05) is 0 Å². The van der Waals surface area contributed by atoms with Gasteiger partial charge in [-0.15, -0.1) is 0 Å². The van der Waals surface area contributed by atoms with Crippen molar-refractivity contribution in [3.63, 3.8) is 0 Å². The molecule has 17 heavy (non-hydrogen) atoms. The summed E-state index contributed by atoms with van der Waals surface area (Å²) in [5, 5.41) is 27.7. The summed E-state index contributed by atoms with van der Waals surface area (Å²) in [5.74, 6) is 0.701. The maximum atomic E-state index is 9.66. The number of ether oxygens (including phenoxy) is 1. The number of aliphatic hydroxyl groups is 3. The van der Waals surface area contributed by atoms with Crippen molar-refractivity contribution in [2.24, 2.45) is 0 Å². The first-order chi connectivity index (χ1) is 7.83. The van der Waals surface area contributed by atoms with Crippen LogP contribution in [0.4, 0.5) is 0 Å². The molecule has 0 amide bonds. The first kappa shape index (κ1) is 14.0. The first-order valence-electron chi connectivity index (χ1n) is 5.59. The van der Waals surface area contributed by atoms with E-state index in [-0.39, 0.29) is 5.60 Å². The summed E-state index contributed by atoms with van der Waals surface area (Å²) in [7, 11) is 0. The zero-order chi connectivity index (χ0) is 13.1. The molecule has 0 aliphatic rings. The fraction of sp³-hybridized carbons (Fsp3) is 0.538. The van der Waals surface area contributed by atoms with Crippen LogP contribution in [0.15, 0.2) is 24.3 Å². The molecule has 0 heterocycles. The van der Waals surface area contributed by atoms with Crippen molar-refractivity contribution in [1.82, 2.24) is 0 Å². The third-order valence-corrected chi connectivity index (χ3v) is 2.20. The van der Waals surface area contributed by atoms with Gasteiger partial charge in [0.25, 0.3) is 0 Å². The molecular formula is C13H20O4. The van der Waals surface area contributed by atoms with Crippen LogP contribution in [0.3, 0.4) is 0 Å². The third-order valence-electron chi connectivity index (χ3n) is 2.20. The molecule has 1 aromatic carbocycles. The minimum atomic E-state index is -1.16. The van der Waals surface area contributed by atoms with Crippen LogP contribution in [0.5, 0.6) is 5.75 Å². The highest BCUT2D eigenvalue weighted by Crippen LogP contribution is 2.22. The molecule has 0 aromatic heterocycles. The molecule has 4 heteroatoms. The van der Waals surface area contributed by atoms with E-state index < -0.39 is 18.8 Å². The summed E-state index contributed by atoms with van der Waals surface area (Å²) in [4.78, 5) is 0. The summed E-state index contributed by atoms with van der Waals surface area (Å²) < 4.78 is 5.63. The van der Waals surface area contributed by atoms with Crippen LogP contribution >= 0.6 is 0 Å². The van der Waals surface area contributed by atoms with Crippen molar-refractivity contribution in [2.75, 3.05) is 6.61 Å². The molecule has 1 rings (SSSR count). The molecule has 0 aliphatic carbocycles. The Kier molecular flexibility index (Phi) is 4.51. The van der Waals surface area contributed by atoms with E-state index >= 15 is 0 Å². The number of aliphatic hydroxyl groups excluding tert-OH is 3. The van der Waals surface area contributed by atoms with Crippen molar-refractivity contribution in [2.45, 2.75) is 38.6 Å². The predicted molar refractivity (Wildman–Crippen MR) is 64.9 cm³/mol. The van der Waals surface area contributed by atoms with Crippen LogP contribution in [-0.4, -0.2) is 33.6 Å². The van der Waals surface area contributed by atoms with Crippen molar-refractivity contribution in [3.05, 3.63) is 29.8 Å². The second-order valence-electron chi connectivity index (χ2n) is 4.98. The zero-order valence-corrected chi connectivity index (χ0v) is 10.4. The molecule has 0 fully saturated rings. The highest BCUT2D eigenvalue weighted by molar-refractivity contribution is 5.29. The Labute approximate surface area is 101 Å². The average Bonchev–Trinajstić information content (AvgIpc) is 2.26. The fourth-order valence-corrected chi connectivity index (χ4v) is 1.41. The van der Waals surface area contributed by atoms with Gasteiger partial charge in [0.05, 0.1) is 6.61 Å². The molecule has 2 unspecified atom stereocenters. The van der Waals surface area contributed by atoms with E-state index in [0.29, 0.717) is 11.3 Å².